The van der Waals surface area contributed by atoms with Crippen LogP contribution < -0.4 is 5.73 Å². The first-order valence-corrected chi connectivity index (χ1v) is 5.52. The summed E-state index contributed by atoms with van der Waals surface area (Å²) in [7, 11) is 0. The zero-order chi connectivity index (χ0) is 11.8. The second-order valence-corrected chi connectivity index (χ2v) is 3.75. The lowest BCUT2D eigenvalue weighted by Gasteiger charge is -2.20. The molecule has 0 aromatic heterocycles. The van der Waals surface area contributed by atoms with E-state index in [4.69, 9.17) is 15.9 Å². The van der Waals surface area contributed by atoms with E-state index in [0.29, 0.717) is 19.6 Å². The van der Waals surface area contributed by atoms with Gasteiger partial charge < -0.3 is 15.9 Å². The van der Waals surface area contributed by atoms with E-state index in [9.17, 15) is 0 Å². The molecule has 0 fully saturated rings. The van der Waals surface area contributed by atoms with Gasteiger partial charge in [0, 0.05) is 26.2 Å². The van der Waals surface area contributed by atoms with Crippen LogP contribution in [0.5, 0.6) is 0 Å². The van der Waals surface area contributed by atoms with Crippen LogP contribution in [0, 0.1) is 0 Å². The molecule has 90 valence electrons. The number of nitrogens with two attached hydrogens (primary N) is 1. The Labute approximate surface area is 96.3 Å². The number of benzene rings is 1. The van der Waals surface area contributed by atoms with Crippen molar-refractivity contribution in [2.45, 2.75) is 13.1 Å². The minimum Gasteiger partial charge on any atom is -0.395 e. The van der Waals surface area contributed by atoms with E-state index in [1.54, 1.807) is 0 Å². The highest BCUT2D eigenvalue weighted by Crippen LogP contribution is 2.07. The Morgan fingerprint density at radius 2 is 1.69 bits per heavy atom. The molecule has 1 aromatic carbocycles. The molecule has 1 aromatic rings. The maximum atomic E-state index is 8.90. The van der Waals surface area contributed by atoms with E-state index in [1.807, 2.05) is 23.1 Å². The van der Waals surface area contributed by atoms with E-state index in [0.717, 1.165) is 17.7 Å². The van der Waals surface area contributed by atoms with Crippen LogP contribution in [-0.2, 0) is 13.1 Å². The molecule has 0 aliphatic carbocycles. The number of hydrogen-bond donors (Lipinski definition) is 3. The monoisotopic (exact) mass is 224 g/mol. The van der Waals surface area contributed by atoms with Gasteiger partial charge in [0.05, 0.1) is 13.2 Å². The highest BCUT2D eigenvalue weighted by atomic mass is 16.3. The van der Waals surface area contributed by atoms with Gasteiger partial charge in [-0.05, 0) is 11.1 Å². The predicted octanol–water partition coefficient (Wildman–Crippen LogP) is -0.0681. The molecule has 1 rings (SSSR count). The Kier molecular flexibility index (Phi) is 6.03. The topological polar surface area (TPSA) is 69.7 Å². The lowest BCUT2D eigenvalue weighted by Crippen LogP contribution is -2.29. The molecule has 0 heterocycles. The SMILES string of the molecule is NCc1cccc(CN(CCO)CCO)c1. The van der Waals surface area contributed by atoms with E-state index in [-0.39, 0.29) is 13.2 Å². The molecule has 0 unspecified atom stereocenters. The van der Waals surface area contributed by atoms with Gasteiger partial charge in [-0.25, -0.2) is 0 Å². The second-order valence-electron chi connectivity index (χ2n) is 3.75. The Morgan fingerprint density at radius 3 is 2.25 bits per heavy atom. The van der Waals surface area contributed by atoms with Crippen molar-refractivity contribution in [2.24, 2.45) is 5.73 Å². The second kappa shape index (κ2) is 7.35. The Balaban J connectivity index is 2.60. The standard InChI is InChI=1S/C12H20N2O2/c13-9-11-2-1-3-12(8-11)10-14(4-6-15)5-7-16/h1-3,8,15-16H,4-7,9-10,13H2. The molecular weight excluding hydrogens is 204 g/mol. The Bertz CT molecular complexity index is 299. The molecule has 0 radical (unpaired) electrons. The third kappa shape index (κ3) is 4.28. The molecule has 0 amide bonds. The molecule has 0 bridgehead atoms. The molecule has 4 nitrogen and oxygen atoms in total. The van der Waals surface area contributed by atoms with Gasteiger partial charge in [-0.15, -0.1) is 0 Å². The zero-order valence-corrected chi connectivity index (χ0v) is 9.47. The van der Waals surface area contributed by atoms with Crippen LogP contribution in [0.4, 0.5) is 0 Å². The van der Waals surface area contributed by atoms with Crippen LogP contribution in [0.1, 0.15) is 11.1 Å². The molecular formula is C12H20N2O2. The van der Waals surface area contributed by atoms with Crippen LogP contribution >= 0.6 is 0 Å². The lowest BCUT2D eigenvalue weighted by atomic mass is 10.1. The van der Waals surface area contributed by atoms with Gasteiger partial charge >= 0.3 is 0 Å². The molecule has 4 N–H and O–H groups in total. The van der Waals surface area contributed by atoms with Crippen molar-refractivity contribution < 1.29 is 10.2 Å². The number of aliphatic hydroxyl groups excluding tert-OH is 2. The molecule has 0 saturated carbocycles. The van der Waals surface area contributed by atoms with Gasteiger partial charge in [0.15, 0.2) is 0 Å². The molecule has 0 aliphatic rings. The fourth-order valence-corrected chi connectivity index (χ4v) is 1.67. The van der Waals surface area contributed by atoms with E-state index in [1.165, 1.54) is 0 Å². The fraction of sp³-hybridized carbons (Fsp3) is 0.500. The van der Waals surface area contributed by atoms with Crippen LogP contribution in [-0.4, -0.2) is 41.4 Å². The first kappa shape index (κ1) is 13.1. The zero-order valence-electron chi connectivity index (χ0n) is 9.47. The van der Waals surface area contributed by atoms with Gasteiger partial charge in [-0.1, -0.05) is 24.3 Å². The highest BCUT2D eigenvalue weighted by molar-refractivity contribution is 5.23. The lowest BCUT2D eigenvalue weighted by molar-refractivity contribution is 0.156. The quantitative estimate of drug-likeness (QED) is 0.606. The number of rotatable bonds is 7. The van der Waals surface area contributed by atoms with Gasteiger partial charge in [0.25, 0.3) is 0 Å². The normalized spacial score (nSPS) is 11.0. The summed E-state index contributed by atoms with van der Waals surface area (Å²) in [4.78, 5) is 2.01. The van der Waals surface area contributed by atoms with Crippen molar-refractivity contribution in [3.8, 4) is 0 Å². The third-order valence-corrected chi connectivity index (χ3v) is 2.47. The van der Waals surface area contributed by atoms with Crippen LogP contribution in [0.15, 0.2) is 24.3 Å². The molecule has 4 heteroatoms. The van der Waals surface area contributed by atoms with Gasteiger partial charge in [-0.2, -0.15) is 0 Å². The van der Waals surface area contributed by atoms with Gasteiger partial charge in [-0.3, -0.25) is 4.90 Å². The van der Waals surface area contributed by atoms with Crippen LogP contribution in [0.25, 0.3) is 0 Å². The maximum Gasteiger partial charge on any atom is 0.0558 e. The van der Waals surface area contributed by atoms with Crippen molar-refractivity contribution in [2.75, 3.05) is 26.3 Å². The van der Waals surface area contributed by atoms with Crippen molar-refractivity contribution in [1.29, 1.82) is 0 Å². The summed E-state index contributed by atoms with van der Waals surface area (Å²) in [5.74, 6) is 0. The number of hydrogen-bond acceptors (Lipinski definition) is 4. The summed E-state index contributed by atoms with van der Waals surface area (Å²) in [5.41, 5.74) is 7.83. The van der Waals surface area contributed by atoms with E-state index >= 15 is 0 Å². The van der Waals surface area contributed by atoms with Crippen molar-refractivity contribution >= 4 is 0 Å². The smallest absolute Gasteiger partial charge is 0.0558 e. The Morgan fingerprint density at radius 1 is 1.06 bits per heavy atom. The van der Waals surface area contributed by atoms with Crippen LogP contribution in [0.3, 0.4) is 0 Å². The average Bonchev–Trinajstić information content (AvgIpc) is 2.30. The molecule has 0 saturated heterocycles. The summed E-state index contributed by atoms with van der Waals surface area (Å²) in [6.07, 6.45) is 0. The largest absolute Gasteiger partial charge is 0.395 e. The van der Waals surface area contributed by atoms with Crippen molar-refractivity contribution in [3.05, 3.63) is 35.4 Å². The summed E-state index contributed by atoms with van der Waals surface area (Å²) in [5, 5.41) is 17.8. The summed E-state index contributed by atoms with van der Waals surface area (Å²) in [6, 6.07) is 8.06. The minimum atomic E-state index is 0.108. The molecule has 0 spiro atoms. The number of aliphatic hydroxyl groups is 2. The van der Waals surface area contributed by atoms with Crippen molar-refractivity contribution in [3.63, 3.8) is 0 Å². The first-order chi connectivity index (χ1) is 7.80. The van der Waals surface area contributed by atoms with E-state index in [2.05, 4.69) is 6.07 Å². The molecule has 0 aliphatic heterocycles. The van der Waals surface area contributed by atoms with Gasteiger partial charge in [0.1, 0.15) is 0 Å². The highest BCUT2D eigenvalue weighted by Gasteiger charge is 2.04. The fourth-order valence-electron chi connectivity index (χ4n) is 1.67. The van der Waals surface area contributed by atoms with E-state index < -0.39 is 0 Å². The predicted molar refractivity (Wildman–Crippen MR) is 63.8 cm³/mol. The van der Waals surface area contributed by atoms with Gasteiger partial charge in [0.2, 0.25) is 0 Å². The first-order valence-electron chi connectivity index (χ1n) is 5.52. The number of nitrogens with zero attached hydrogens (tertiary/aromatic N) is 1. The average molecular weight is 224 g/mol. The Hall–Kier alpha value is -0.940. The summed E-state index contributed by atoms with van der Waals surface area (Å²) < 4.78 is 0. The minimum absolute atomic E-state index is 0.108. The molecule has 0 atom stereocenters. The summed E-state index contributed by atoms with van der Waals surface area (Å²) in [6.45, 7) is 2.64. The summed E-state index contributed by atoms with van der Waals surface area (Å²) >= 11 is 0. The third-order valence-electron chi connectivity index (χ3n) is 2.47. The van der Waals surface area contributed by atoms with Crippen LogP contribution in [0.2, 0.25) is 0 Å². The van der Waals surface area contributed by atoms with Crippen molar-refractivity contribution in [1.82, 2.24) is 4.90 Å². The molecule has 16 heavy (non-hydrogen) atoms. The maximum absolute atomic E-state index is 8.90.